The van der Waals surface area contributed by atoms with Gasteiger partial charge in [-0.2, -0.15) is 0 Å². The summed E-state index contributed by atoms with van der Waals surface area (Å²) in [6.45, 7) is 3.09. The number of anilines is 1. The predicted octanol–water partition coefficient (Wildman–Crippen LogP) is 4.45. The van der Waals surface area contributed by atoms with Crippen molar-refractivity contribution in [2.24, 2.45) is 5.92 Å². The maximum absolute atomic E-state index is 12.3. The zero-order valence-corrected chi connectivity index (χ0v) is 14.8. The summed E-state index contributed by atoms with van der Waals surface area (Å²) in [6, 6.07) is 3.02. The molecular weight excluding hydrogens is 363 g/mol. The topological polar surface area (TPSA) is 58.6 Å². The van der Waals surface area contributed by atoms with Crippen LogP contribution in [0.1, 0.15) is 19.8 Å². The van der Waals surface area contributed by atoms with Crippen LogP contribution < -0.4 is 5.32 Å². The number of hydrogen-bond donors (Lipinski definition) is 1. The Balaban J connectivity index is 1.93. The van der Waals surface area contributed by atoms with Gasteiger partial charge in [-0.15, -0.1) is 0 Å². The molecular formula is C15H17Cl3N2O3. The van der Waals surface area contributed by atoms with Crippen molar-refractivity contribution in [3.05, 3.63) is 27.2 Å². The summed E-state index contributed by atoms with van der Waals surface area (Å²) >= 11 is 17.9. The van der Waals surface area contributed by atoms with E-state index in [-0.39, 0.29) is 17.9 Å². The van der Waals surface area contributed by atoms with Gasteiger partial charge in [0.15, 0.2) is 0 Å². The van der Waals surface area contributed by atoms with Crippen LogP contribution in [-0.2, 0) is 9.53 Å². The summed E-state index contributed by atoms with van der Waals surface area (Å²) in [4.78, 5) is 25.6. The van der Waals surface area contributed by atoms with Crippen molar-refractivity contribution < 1.29 is 14.3 Å². The number of hydrogen-bond acceptors (Lipinski definition) is 3. The number of carbonyl (C=O) groups excluding carboxylic acids is 2. The number of benzene rings is 1. The molecule has 2 rings (SSSR count). The van der Waals surface area contributed by atoms with Crippen LogP contribution in [0.5, 0.6) is 0 Å². The van der Waals surface area contributed by atoms with Crippen molar-refractivity contribution in [3.8, 4) is 0 Å². The maximum atomic E-state index is 12.3. The van der Waals surface area contributed by atoms with Gasteiger partial charge in [0.05, 0.1) is 27.4 Å². The van der Waals surface area contributed by atoms with Gasteiger partial charge in [0, 0.05) is 19.0 Å². The molecule has 0 aromatic heterocycles. The normalized spacial score (nSPS) is 15.4. The lowest BCUT2D eigenvalue weighted by Crippen LogP contribution is -2.41. The molecule has 1 aromatic rings. The number of amides is 2. The minimum Gasteiger partial charge on any atom is -0.450 e. The Kier molecular flexibility index (Phi) is 6.39. The van der Waals surface area contributed by atoms with Crippen molar-refractivity contribution in [1.29, 1.82) is 0 Å². The Hall–Kier alpha value is -1.17. The maximum Gasteiger partial charge on any atom is 0.409 e. The van der Waals surface area contributed by atoms with E-state index in [1.54, 1.807) is 11.8 Å². The molecule has 0 spiro atoms. The third-order valence-corrected chi connectivity index (χ3v) is 4.69. The average molecular weight is 380 g/mol. The summed E-state index contributed by atoms with van der Waals surface area (Å²) in [6.07, 6.45) is 0.812. The summed E-state index contributed by atoms with van der Waals surface area (Å²) in [7, 11) is 0. The highest BCUT2D eigenvalue weighted by atomic mass is 35.5. The fourth-order valence-electron chi connectivity index (χ4n) is 2.39. The molecule has 0 unspecified atom stereocenters. The first-order valence-corrected chi connectivity index (χ1v) is 8.42. The van der Waals surface area contributed by atoms with E-state index in [4.69, 9.17) is 39.5 Å². The third-order valence-electron chi connectivity index (χ3n) is 3.66. The molecule has 0 atom stereocenters. The lowest BCUT2D eigenvalue weighted by atomic mass is 9.96. The molecule has 126 valence electrons. The Morgan fingerprint density at radius 1 is 1.17 bits per heavy atom. The van der Waals surface area contributed by atoms with E-state index < -0.39 is 0 Å². The fraction of sp³-hybridized carbons (Fsp3) is 0.467. The minimum atomic E-state index is -0.334. The highest BCUT2D eigenvalue weighted by Crippen LogP contribution is 2.33. The number of nitrogens with one attached hydrogen (secondary N) is 1. The standard InChI is InChI=1S/C15H17Cl3N2O3/c1-2-23-15(22)20-5-3-9(4-6-20)14(21)19-13-8-11(17)10(16)7-12(13)18/h7-9H,2-6H2,1H3,(H,19,21). The first-order chi connectivity index (χ1) is 10.9. The lowest BCUT2D eigenvalue weighted by molar-refractivity contribution is -0.121. The number of halogens is 3. The SMILES string of the molecule is CCOC(=O)N1CCC(C(=O)Nc2cc(Cl)c(Cl)cc2Cl)CC1. The first kappa shape index (κ1) is 18.2. The number of carbonyl (C=O) groups is 2. The van der Waals surface area contributed by atoms with E-state index in [1.807, 2.05) is 0 Å². The van der Waals surface area contributed by atoms with Gasteiger partial charge in [0.25, 0.3) is 0 Å². The van der Waals surface area contributed by atoms with Crippen LogP contribution in [0.3, 0.4) is 0 Å². The van der Waals surface area contributed by atoms with E-state index in [0.29, 0.717) is 53.3 Å². The molecule has 1 heterocycles. The molecule has 1 aromatic carbocycles. The van der Waals surface area contributed by atoms with Crippen molar-refractivity contribution >= 4 is 52.5 Å². The molecule has 1 aliphatic heterocycles. The van der Waals surface area contributed by atoms with Gasteiger partial charge in [-0.1, -0.05) is 34.8 Å². The highest BCUT2D eigenvalue weighted by Gasteiger charge is 2.28. The van der Waals surface area contributed by atoms with Crippen LogP contribution in [0, 0.1) is 5.92 Å². The second kappa shape index (κ2) is 8.08. The lowest BCUT2D eigenvalue weighted by Gasteiger charge is -2.30. The third kappa shape index (κ3) is 4.66. The quantitative estimate of drug-likeness (QED) is 0.789. The van der Waals surface area contributed by atoms with Crippen LogP contribution >= 0.6 is 34.8 Å². The van der Waals surface area contributed by atoms with Crippen molar-refractivity contribution in [3.63, 3.8) is 0 Å². The molecule has 8 heteroatoms. The molecule has 1 aliphatic rings. The van der Waals surface area contributed by atoms with Crippen LogP contribution in [0.15, 0.2) is 12.1 Å². The summed E-state index contributed by atoms with van der Waals surface area (Å²) in [5.74, 6) is -0.333. The Morgan fingerprint density at radius 2 is 1.78 bits per heavy atom. The summed E-state index contributed by atoms with van der Waals surface area (Å²) in [5.41, 5.74) is 0.430. The molecule has 5 nitrogen and oxygen atoms in total. The van der Waals surface area contributed by atoms with Gasteiger partial charge in [-0.05, 0) is 31.9 Å². The van der Waals surface area contributed by atoms with Gasteiger partial charge in [-0.3, -0.25) is 4.79 Å². The highest BCUT2D eigenvalue weighted by molar-refractivity contribution is 6.44. The average Bonchev–Trinajstić information content (AvgIpc) is 2.53. The molecule has 0 aliphatic carbocycles. The Bertz CT molecular complexity index is 602. The van der Waals surface area contributed by atoms with Crippen LogP contribution in [-0.4, -0.2) is 36.6 Å². The van der Waals surface area contributed by atoms with Gasteiger partial charge in [0.1, 0.15) is 0 Å². The van der Waals surface area contributed by atoms with E-state index >= 15 is 0 Å². The largest absolute Gasteiger partial charge is 0.450 e. The second-order valence-corrected chi connectivity index (χ2v) is 6.42. The molecule has 2 amide bonds. The number of nitrogens with zero attached hydrogens (tertiary/aromatic N) is 1. The molecule has 23 heavy (non-hydrogen) atoms. The summed E-state index contributed by atoms with van der Waals surface area (Å²) in [5, 5.41) is 3.75. The molecule has 0 saturated carbocycles. The first-order valence-electron chi connectivity index (χ1n) is 7.29. The number of ether oxygens (including phenoxy) is 1. The predicted molar refractivity (Wildman–Crippen MR) is 91.4 cm³/mol. The molecule has 1 N–H and O–H groups in total. The van der Waals surface area contributed by atoms with E-state index in [2.05, 4.69) is 5.32 Å². The van der Waals surface area contributed by atoms with E-state index in [9.17, 15) is 9.59 Å². The van der Waals surface area contributed by atoms with Crippen LogP contribution in [0.4, 0.5) is 10.5 Å². The Morgan fingerprint density at radius 3 is 2.39 bits per heavy atom. The van der Waals surface area contributed by atoms with Crippen LogP contribution in [0.2, 0.25) is 15.1 Å². The number of likely N-dealkylation sites (tertiary alicyclic amines) is 1. The van der Waals surface area contributed by atoms with E-state index in [0.717, 1.165) is 0 Å². The number of piperidine rings is 1. The second-order valence-electron chi connectivity index (χ2n) is 5.20. The van der Waals surface area contributed by atoms with Gasteiger partial charge in [-0.25, -0.2) is 4.79 Å². The Labute approximate surface area is 149 Å². The van der Waals surface area contributed by atoms with Gasteiger partial charge < -0.3 is 15.0 Å². The molecule has 0 radical (unpaired) electrons. The number of rotatable bonds is 3. The van der Waals surface area contributed by atoms with Crippen LogP contribution in [0.25, 0.3) is 0 Å². The monoisotopic (exact) mass is 378 g/mol. The minimum absolute atomic E-state index is 0.145. The molecule has 1 saturated heterocycles. The smallest absolute Gasteiger partial charge is 0.409 e. The van der Waals surface area contributed by atoms with Gasteiger partial charge >= 0.3 is 6.09 Å². The van der Waals surface area contributed by atoms with Crippen molar-refractivity contribution in [2.45, 2.75) is 19.8 Å². The zero-order chi connectivity index (χ0) is 17.0. The van der Waals surface area contributed by atoms with E-state index in [1.165, 1.54) is 12.1 Å². The molecule has 0 bridgehead atoms. The molecule has 1 fully saturated rings. The van der Waals surface area contributed by atoms with Crippen molar-refractivity contribution in [2.75, 3.05) is 25.0 Å². The zero-order valence-electron chi connectivity index (χ0n) is 12.6. The van der Waals surface area contributed by atoms with Gasteiger partial charge in [0.2, 0.25) is 5.91 Å². The van der Waals surface area contributed by atoms with Crippen molar-refractivity contribution in [1.82, 2.24) is 4.90 Å². The fourth-order valence-corrected chi connectivity index (χ4v) is 2.99. The summed E-state index contributed by atoms with van der Waals surface area (Å²) < 4.78 is 4.95.